The molecule has 0 rings (SSSR count). The molecule has 0 aliphatic carbocycles. The maximum absolute atomic E-state index is 11.5. The van der Waals surface area contributed by atoms with E-state index in [9.17, 15) is 26.3 Å². The first-order chi connectivity index (χ1) is 4.89. The Bertz CT molecular complexity index is 134. The van der Waals surface area contributed by atoms with Gasteiger partial charge in [-0.1, -0.05) is 0 Å². The molecular formula is C5H4F6. The van der Waals surface area contributed by atoms with E-state index in [0.29, 0.717) is 0 Å². The minimum absolute atomic E-state index is 0.218. The maximum Gasteiger partial charge on any atom is 0.400 e. The van der Waals surface area contributed by atoms with Crippen molar-refractivity contribution in [2.45, 2.75) is 12.6 Å². The monoisotopic (exact) mass is 178 g/mol. The van der Waals surface area contributed by atoms with E-state index >= 15 is 0 Å². The van der Waals surface area contributed by atoms with Gasteiger partial charge in [0, 0.05) is 0 Å². The predicted octanol–water partition coefficient (Wildman–Crippen LogP) is 2.91. The second-order valence-corrected chi connectivity index (χ2v) is 1.72. The van der Waals surface area contributed by atoms with E-state index in [1.807, 2.05) is 0 Å². The Balaban J connectivity index is 4.35. The largest absolute Gasteiger partial charge is 0.400 e. The Labute approximate surface area is 58.5 Å². The molecule has 66 valence electrons. The number of hydrogen-bond acceptors (Lipinski definition) is 0. The van der Waals surface area contributed by atoms with E-state index in [1.54, 1.807) is 0 Å². The number of alkyl halides is 5. The lowest BCUT2D eigenvalue weighted by molar-refractivity contribution is -0.190. The van der Waals surface area contributed by atoms with Gasteiger partial charge in [-0.25, -0.2) is 13.2 Å². The summed E-state index contributed by atoms with van der Waals surface area (Å²) >= 11 is 0. The van der Waals surface area contributed by atoms with Crippen LogP contribution in [0.15, 0.2) is 12.4 Å². The van der Waals surface area contributed by atoms with E-state index < -0.39 is 24.8 Å². The Morgan fingerprint density at radius 3 is 1.64 bits per heavy atom. The summed E-state index contributed by atoms with van der Waals surface area (Å²) in [6, 6.07) is 0. The third-order valence-corrected chi connectivity index (χ3v) is 0.930. The summed E-state index contributed by atoms with van der Waals surface area (Å²) < 4.78 is 68.4. The minimum atomic E-state index is -5.09. The molecule has 0 amide bonds. The van der Waals surface area contributed by atoms with Crippen LogP contribution < -0.4 is 0 Å². The Hall–Kier alpha value is -0.680. The maximum atomic E-state index is 11.5. The van der Waals surface area contributed by atoms with Crippen molar-refractivity contribution in [3.05, 3.63) is 12.4 Å². The molecule has 0 nitrogen and oxygen atoms in total. The number of allylic oxidation sites excluding steroid dienone is 1. The van der Waals surface area contributed by atoms with Gasteiger partial charge in [-0.05, 0) is 6.08 Å². The molecule has 0 radical (unpaired) electrons. The molecule has 11 heavy (non-hydrogen) atoms. The highest BCUT2D eigenvalue weighted by Gasteiger charge is 2.44. The van der Waals surface area contributed by atoms with Gasteiger partial charge in [-0.15, -0.1) is 0 Å². The average Bonchev–Trinajstić information content (AvgIpc) is 1.79. The molecule has 0 aliphatic rings. The van der Waals surface area contributed by atoms with Crippen LogP contribution in [0.25, 0.3) is 0 Å². The first-order valence-corrected chi connectivity index (χ1v) is 2.51. The molecule has 0 bridgehead atoms. The molecule has 0 aromatic carbocycles. The second-order valence-electron chi connectivity index (χ2n) is 1.72. The van der Waals surface area contributed by atoms with Crippen molar-refractivity contribution in [1.29, 1.82) is 0 Å². The zero-order valence-corrected chi connectivity index (χ0v) is 5.08. The van der Waals surface area contributed by atoms with Crippen molar-refractivity contribution in [1.82, 2.24) is 0 Å². The fourth-order valence-electron chi connectivity index (χ4n) is 0.414. The molecular weight excluding hydrogens is 174 g/mol. The lowest BCUT2D eigenvalue weighted by Crippen LogP contribution is -2.27. The Morgan fingerprint density at radius 2 is 1.55 bits per heavy atom. The SMILES string of the molecule is F/C=C/C(C(F)F)C(F)(F)F. The third-order valence-electron chi connectivity index (χ3n) is 0.930. The minimum Gasteiger partial charge on any atom is -0.216 e. The summed E-state index contributed by atoms with van der Waals surface area (Å²) in [7, 11) is 0. The van der Waals surface area contributed by atoms with Gasteiger partial charge in [0.15, 0.2) is 0 Å². The van der Waals surface area contributed by atoms with Gasteiger partial charge in [0.2, 0.25) is 0 Å². The lowest BCUT2D eigenvalue weighted by Gasteiger charge is -2.14. The van der Waals surface area contributed by atoms with E-state index in [2.05, 4.69) is 0 Å². The van der Waals surface area contributed by atoms with Gasteiger partial charge in [0.25, 0.3) is 6.43 Å². The zero-order valence-electron chi connectivity index (χ0n) is 5.08. The predicted molar refractivity (Wildman–Crippen MR) is 25.8 cm³/mol. The first kappa shape index (κ1) is 10.3. The van der Waals surface area contributed by atoms with Crippen LogP contribution >= 0.6 is 0 Å². The van der Waals surface area contributed by atoms with Gasteiger partial charge >= 0.3 is 6.18 Å². The topological polar surface area (TPSA) is 0 Å². The standard InChI is InChI=1S/C5H4F6/c6-2-1-3(4(7)8)5(9,10)11/h1-4H/b2-1+. The van der Waals surface area contributed by atoms with Gasteiger partial charge < -0.3 is 0 Å². The molecule has 0 aliphatic heterocycles. The molecule has 0 heterocycles. The summed E-state index contributed by atoms with van der Waals surface area (Å²) in [5.74, 6) is -3.01. The van der Waals surface area contributed by atoms with Crippen molar-refractivity contribution in [2.24, 2.45) is 5.92 Å². The van der Waals surface area contributed by atoms with E-state index in [4.69, 9.17) is 0 Å². The normalized spacial score (nSPS) is 16.3. The van der Waals surface area contributed by atoms with Crippen molar-refractivity contribution in [2.75, 3.05) is 0 Å². The number of rotatable bonds is 2. The van der Waals surface area contributed by atoms with Gasteiger partial charge in [-0.3, -0.25) is 0 Å². The van der Waals surface area contributed by atoms with Crippen molar-refractivity contribution < 1.29 is 26.3 Å². The van der Waals surface area contributed by atoms with Crippen molar-refractivity contribution in [3.8, 4) is 0 Å². The number of halogens is 6. The van der Waals surface area contributed by atoms with Crippen molar-refractivity contribution in [3.63, 3.8) is 0 Å². The fourth-order valence-corrected chi connectivity index (χ4v) is 0.414. The van der Waals surface area contributed by atoms with E-state index in [-0.39, 0.29) is 6.08 Å². The van der Waals surface area contributed by atoms with Crippen molar-refractivity contribution >= 4 is 0 Å². The van der Waals surface area contributed by atoms with Crippen LogP contribution in [0.3, 0.4) is 0 Å². The van der Waals surface area contributed by atoms with E-state index in [0.717, 1.165) is 0 Å². The fraction of sp³-hybridized carbons (Fsp3) is 0.600. The third kappa shape index (κ3) is 3.29. The molecule has 0 saturated carbocycles. The van der Waals surface area contributed by atoms with Gasteiger partial charge in [-0.2, -0.15) is 13.2 Å². The molecule has 0 spiro atoms. The summed E-state index contributed by atoms with van der Waals surface area (Å²) in [6.07, 6.45) is -9.46. The average molecular weight is 178 g/mol. The van der Waals surface area contributed by atoms with Crippen LogP contribution in [0, 0.1) is 5.92 Å². The molecule has 0 aromatic rings. The van der Waals surface area contributed by atoms with Gasteiger partial charge in [0.1, 0.15) is 5.92 Å². The van der Waals surface area contributed by atoms with Crippen LogP contribution in [0.2, 0.25) is 0 Å². The first-order valence-electron chi connectivity index (χ1n) is 2.51. The van der Waals surface area contributed by atoms with Crippen LogP contribution in [0.1, 0.15) is 0 Å². The smallest absolute Gasteiger partial charge is 0.216 e. The molecule has 1 atom stereocenters. The lowest BCUT2D eigenvalue weighted by atomic mass is 10.1. The Kier molecular flexibility index (Phi) is 3.41. The summed E-state index contributed by atoms with van der Waals surface area (Å²) in [6.45, 7) is 0. The molecule has 0 aromatic heterocycles. The summed E-state index contributed by atoms with van der Waals surface area (Å²) in [5.41, 5.74) is 0. The number of hydrogen-bond donors (Lipinski definition) is 0. The Morgan fingerprint density at radius 1 is 1.09 bits per heavy atom. The summed E-state index contributed by atoms with van der Waals surface area (Å²) in [5, 5.41) is 0. The molecule has 0 fully saturated rings. The molecule has 0 N–H and O–H groups in total. The molecule has 6 heteroatoms. The highest BCUT2D eigenvalue weighted by atomic mass is 19.4. The quantitative estimate of drug-likeness (QED) is 0.570. The second kappa shape index (κ2) is 3.64. The van der Waals surface area contributed by atoms with Crippen LogP contribution in [-0.2, 0) is 0 Å². The van der Waals surface area contributed by atoms with Crippen LogP contribution in [0.5, 0.6) is 0 Å². The van der Waals surface area contributed by atoms with Crippen LogP contribution in [0.4, 0.5) is 26.3 Å². The van der Waals surface area contributed by atoms with E-state index in [1.165, 1.54) is 0 Å². The molecule has 1 unspecified atom stereocenters. The summed E-state index contributed by atoms with van der Waals surface area (Å²) in [4.78, 5) is 0. The van der Waals surface area contributed by atoms with Gasteiger partial charge in [0.05, 0.1) is 6.33 Å². The van der Waals surface area contributed by atoms with Crippen LogP contribution in [-0.4, -0.2) is 12.6 Å². The zero-order chi connectivity index (χ0) is 9.07. The highest BCUT2D eigenvalue weighted by molar-refractivity contribution is 4.89. The molecule has 0 saturated heterocycles. The highest BCUT2D eigenvalue weighted by Crippen LogP contribution is 2.31.